The molecule has 0 unspecified atom stereocenters. The molecule has 0 aliphatic heterocycles. The lowest BCUT2D eigenvalue weighted by atomic mass is 10.2. The molecule has 5 heteroatoms. The van der Waals surface area contributed by atoms with E-state index < -0.39 is 0 Å². The zero-order chi connectivity index (χ0) is 14.4. The van der Waals surface area contributed by atoms with E-state index in [4.69, 9.17) is 27.9 Å². The van der Waals surface area contributed by atoms with Gasteiger partial charge in [0, 0.05) is 36.1 Å². The molecule has 0 saturated heterocycles. The van der Waals surface area contributed by atoms with Crippen molar-refractivity contribution in [1.82, 2.24) is 10.3 Å². The third-order valence-corrected chi connectivity index (χ3v) is 3.27. The third kappa shape index (κ3) is 4.10. The second-order valence-electron chi connectivity index (χ2n) is 4.27. The lowest BCUT2D eigenvalue weighted by Crippen LogP contribution is -2.14. The van der Waals surface area contributed by atoms with Crippen LogP contribution in [0.25, 0.3) is 0 Å². The van der Waals surface area contributed by atoms with Gasteiger partial charge >= 0.3 is 0 Å². The van der Waals surface area contributed by atoms with Crippen molar-refractivity contribution >= 4 is 23.2 Å². The maximum Gasteiger partial charge on any atom is 0.142 e. The van der Waals surface area contributed by atoms with Crippen LogP contribution in [-0.4, -0.2) is 11.6 Å². The number of halogens is 2. The number of nitrogens with zero attached hydrogens (tertiary/aromatic N) is 1. The summed E-state index contributed by atoms with van der Waals surface area (Å²) in [4.78, 5) is 3.99. The van der Waals surface area contributed by atoms with Gasteiger partial charge in [0.15, 0.2) is 0 Å². The van der Waals surface area contributed by atoms with Gasteiger partial charge in [-0.25, -0.2) is 0 Å². The van der Waals surface area contributed by atoms with Gasteiger partial charge in [0.2, 0.25) is 0 Å². The molecular weight excluding hydrogens is 295 g/mol. The molecule has 1 N–H and O–H groups in total. The van der Waals surface area contributed by atoms with E-state index in [0.29, 0.717) is 28.9 Å². The van der Waals surface area contributed by atoms with E-state index in [1.54, 1.807) is 18.5 Å². The molecule has 2 rings (SSSR count). The number of ether oxygens (including phenoxy) is 1. The highest BCUT2D eigenvalue weighted by Gasteiger charge is 2.10. The Balaban J connectivity index is 2.05. The fraction of sp³-hybridized carbons (Fsp3) is 0.267. The van der Waals surface area contributed by atoms with Gasteiger partial charge in [-0.15, -0.1) is 0 Å². The quantitative estimate of drug-likeness (QED) is 0.873. The molecule has 0 amide bonds. The topological polar surface area (TPSA) is 34.1 Å². The molecule has 0 fully saturated rings. The molecule has 0 saturated carbocycles. The molecular formula is C15H16Cl2N2O. The minimum atomic E-state index is 0.542. The largest absolute Gasteiger partial charge is 0.492 e. The molecule has 1 aromatic carbocycles. The Morgan fingerprint density at radius 2 is 1.90 bits per heavy atom. The van der Waals surface area contributed by atoms with Crippen LogP contribution in [0.1, 0.15) is 18.1 Å². The molecule has 20 heavy (non-hydrogen) atoms. The molecule has 0 radical (unpaired) electrons. The molecule has 1 aromatic heterocycles. The number of nitrogens with one attached hydrogen (secondary N) is 1. The first kappa shape index (κ1) is 15.1. The van der Waals surface area contributed by atoms with Crippen LogP contribution >= 0.6 is 23.2 Å². The van der Waals surface area contributed by atoms with Crippen molar-refractivity contribution in [1.29, 1.82) is 0 Å². The van der Waals surface area contributed by atoms with E-state index in [-0.39, 0.29) is 0 Å². The Labute approximate surface area is 128 Å². The molecule has 0 aliphatic rings. The number of hydrogen-bond acceptors (Lipinski definition) is 3. The highest BCUT2D eigenvalue weighted by molar-refractivity contribution is 6.35. The summed E-state index contributed by atoms with van der Waals surface area (Å²) in [6.07, 6.45) is 3.55. The van der Waals surface area contributed by atoms with Crippen molar-refractivity contribution in [2.45, 2.75) is 20.0 Å². The van der Waals surface area contributed by atoms with Crippen molar-refractivity contribution in [2.75, 3.05) is 6.61 Å². The molecule has 2 aromatic rings. The predicted octanol–water partition coefficient (Wildman–Crippen LogP) is 4.08. The molecule has 3 nitrogen and oxygen atoms in total. The number of pyridine rings is 1. The van der Waals surface area contributed by atoms with Crippen LogP contribution < -0.4 is 10.1 Å². The highest BCUT2D eigenvalue weighted by atomic mass is 35.5. The normalized spacial score (nSPS) is 10.6. The predicted molar refractivity (Wildman–Crippen MR) is 82.4 cm³/mol. The van der Waals surface area contributed by atoms with E-state index in [2.05, 4.69) is 10.3 Å². The molecule has 0 aliphatic carbocycles. The number of rotatable bonds is 6. The van der Waals surface area contributed by atoms with E-state index in [1.807, 2.05) is 25.1 Å². The fourth-order valence-electron chi connectivity index (χ4n) is 1.89. The van der Waals surface area contributed by atoms with Gasteiger partial charge in [-0.05, 0) is 36.8 Å². The molecule has 0 bridgehead atoms. The Bertz CT molecular complexity index is 561. The van der Waals surface area contributed by atoms with Crippen molar-refractivity contribution in [3.05, 3.63) is 57.8 Å². The molecule has 106 valence electrons. The Morgan fingerprint density at radius 1 is 1.15 bits per heavy atom. The number of hydrogen-bond donors (Lipinski definition) is 1. The van der Waals surface area contributed by atoms with Crippen LogP contribution in [0, 0.1) is 0 Å². The second-order valence-corrected chi connectivity index (χ2v) is 5.11. The summed E-state index contributed by atoms with van der Waals surface area (Å²) in [5.41, 5.74) is 2.13. The first-order valence-electron chi connectivity index (χ1n) is 6.41. The van der Waals surface area contributed by atoms with Crippen LogP contribution in [0.4, 0.5) is 0 Å². The Kier molecular flexibility index (Phi) is 5.65. The van der Waals surface area contributed by atoms with Gasteiger partial charge in [0.05, 0.1) is 11.6 Å². The molecule has 0 spiro atoms. The molecule has 1 heterocycles. The summed E-state index contributed by atoms with van der Waals surface area (Å²) in [5, 5.41) is 4.50. The minimum absolute atomic E-state index is 0.542. The summed E-state index contributed by atoms with van der Waals surface area (Å²) < 4.78 is 5.58. The van der Waals surface area contributed by atoms with E-state index >= 15 is 0 Å². The standard InChI is InChI=1S/C15H16Cl2N2O/c1-2-20-15-12(7-13(16)8-14(15)17)10-19-9-11-3-5-18-6-4-11/h3-8,19H,2,9-10H2,1H3. The van der Waals surface area contributed by atoms with Gasteiger partial charge in [0.25, 0.3) is 0 Å². The van der Waals surface area contributed by atoms with Crippen molar-refractivity contribution in [2.24, 2.45) is 0 Å². The van der Waals surface area contributed by atoms with Crippen molar-refractivity contribution < 1.29 is 4.74 Å². The lowest BCUT2D eigenvalue weighted by Gasteiger charge is -2.13. The van der Waals surface area contributed by atoms with Crippen molar-refractivity contribution in [3.63, 3.8) is 0 Å². The fourth-order valence-corrected chi connectivity index (χ4v) is 2.48. The van der Waals surface area contributed by atoms with Crippen LogP contribution in [0.3, 0.4) is 0 Å². The lowest BCUT2D eigenvalue weighted by molar-refractivity contribution is 0.335. The number of aromatic nitrogens is 1. The average Bonchev–Trinajstić information content (AvgIpc) is 2.43. The van der Waals surface area contributed by atoms with Crippen molar-refractivity contribution in [3.8, 4) is 5.75 Å². The van der Waals surface area contributed by atoms with Crippen LogP contribution in [0.15, 0.2) is 36.7 Å². The summed E-state index contributed by atoms with van der Waals surface area (Å²) in [7, 11) is 0. The Morgan fingerprint density at radius 3 is 2.60 bits per heavy atom. The maximum atomic E-state index is 6.16. The Hall–Kier alpha value is -1.29. The van der Waals surface area contributed by atoms with Gasteiger partial charge in [-0.2, -0.15) is 0 Å². The third-order valence-electron chi connectivity index (χ3n) is 2.77. The van der Waals surface area contributed by atoms with Crippen LogP contribution in [-0.2, 0) is 13.1 Å². The van der Waals surface area contributed by atoms with Crippen LogP contribution in [0.5, 0.6) is 5.75 Å². The smallest absolute Gasteiger partial charge is 0.142 e. The van der Waals surface area contributed by atoms with E-state index in [9.17, 15) is 0 Å². The summed E-state index contributed by atoms with van der Waals surface area (Å²) >= 11 is 12.2. The van der Waals surface area contributed by atoms with Gasteiger partial charge in [-0.3, -0.25) is 4.98 Å². The van der Waals surface area contributed by atoms with E-state index in [1.165, 1.54) is 5.56 Å². The number of benzene rings is 1. The summed E-state index contributed by atoms with van der Waals surface area (Å²) in [6, 6.07) is 7.52. The second kappa shape index (κ2) is 7.48. The van der Waals surface area contributed by atoms with E-state index in [0.717, 1.165) is 12.1 Å². The zero-order valence-corrected chi connectivity index (χ0v) is 12.7. The first-order valence-corrected chi connectivity index (χ1v) is 7.16. The minimum Gasteiger partial charge on any atom is -0.492 e. The highest BCUT2D eigenvalue weighted by Crippen LogP contribution is 2.32. The first-order chi connectivity index (χ1) is 9.70. The van der Waals surface area contributed by atoms with Gasteiger partial charge in [0.1, 0.15) is 5.75 Å². The van der Waals surface area contributed by atoms with Gasteiger partial charge in [-0.1, -0.05) is 23.2 Å². The van der Waals surface area contributed by atoms with Crippen LogP contribution in [0.2, 0.25) is 10.0 Å². The molecule has 0 atom stereocenters. The summed E-state index contributed by atoms with van der Waals surface area (Å²) in [5.74, 6) is 0.695. The zero-order valence-electron chi connectivity index (χ0n) is 11.2. The summed E-state index contributed by atoms with van der Waals surface area (Å²) in [6.45, 7) is 3.88. The maximum absolute atomic E-state index is 6.16. The SMILES string of the molecule is CCOc1c(Cl)cc(Cl)cc1CNCc1ccncc1. The monoisotopic (exact) mass is 310 g/mol. The average molecular weight is 311 g/mol. The van der Waals surface area contributed by atoms with Gasteiger partial charge < -0.3 is 10.1 Å².